The van der Waals surface area contributed by atoms with Crippen molar-refractivity contribution in [3.05, 3.63) is 64.6 Å². The highest BCUT2D eigenvalue weighted by atomic mass is 79.9. The Labute approximate surface area is 126 Å². The average Bonchev–Trinajstić information content (AvgIpc) is 2.50. The van der Waals surface area contributed by atoms with Crippen molar-refractivity contribution in [1.29, 1.82) is 0 Å². The number of hydrogen-bond donors (Lipinski definition) is 0. The van der Waals surface area contributed by atoms with Gasteiger partial charge in [0.2, 0.25) is 5.91 Å². The van der Waals surface area contributed by atoms with E-state index in [4.69, 9.17) is 0 Å². The van der Waals surface area contributed by atoms with Gasteiger partial charge in [-0.15, -0.1) is 0 Å². The van der Waals surface area contributed by atoms with E-state index in [-0.39, 0.29) is 5.91 Å². The summed E-state index contributed by atoms with van der Waals surface area (Å²) in [4.78, 5) is 12.0. The number of amides is 1. The minimum absolute atomic E-state index is 0.0389. The second-order valence-corrected chi connectivity index (χ2v) is 5.51. The number of hydrazone groups is 1. The van der Waals surface area contributed by atoms with Crippen LogP contribution in [-0.4, -0.2) is 11.6 Å². The lowest BCUT2D eigenvalue weighted by molar-refractivity contribution is -0.118. The number of para-hydroxylation sites is 1. The van der Waals surface area contributed by atoms with Gasteiger partial charge >= 0.3 is 0 Å². The maximum absolute atomic E-state index is 12.0. The zero-order valence-corrected chi connectivity index (χ0v) is 12.4. The fourth-order valence-corrected chi connectivity index (χ4v) is 2.44. The molecule has 0 spiro atoms. The van der Waals surface area contributed by atoms with Crippen LogP contribution in [0.5, 0.6) is 0 Å². The number of rotatable bonds is 2. The van der Waals surface area contributed by atoms with Gasteiger partial charge in [-0.3, -0.25) is 4.79 Å². The molecule has 2 aromatic carbocycles. The van der Waals surface area contributed by atoms with Crippen LogP contribution in [0.3, 0.4) is 0 Å². The van der Waals surface area contributed by atoms with Gasteiger partial charge in [0, 0.05) is 17.3 Å². The molecule has 0 N–H and O–H groups in total. The van der Waals surface area contributed by atoms with Crippen LogP contribution in [0.2, 0.25) is 0 Å². The minimum atomic E-state index is 0.0389. The molecule has 100 valence electrons. The molecule has 0 fully saturated rings. The Morgan fingerprint density at radius 1 is 0.950 bits per heavy atom. The van der Waals surface area contributed by atoms with E-state index in [0.29, 0.717) is 12.8 Å². The van der Waals surface area contributed by atoms with Crippen molar-refractivity contribution in [2.24, 2.45) is 5.10 Å². The molecule has 4 heteroatoms. The Morgan fingerprint density at radius 2 is 1.65 bits per heavy atom. The van der Waals surface area contributed by atoms with E-state index in [1.807, 2.05) is 54.6 Å². The molecule has 3 rings (SSSR count). The molecular weight excluding hydrogens is 316 g/mol. The van der Waals surface area contributed by atoms with Crippen molar-refractivity contribution >= 4 is 33.2 Å². The fourth-order valence-electron chi connectivity index (χ4n) is 2.17. The third-order valence-electron chi connectivity index (χ3n) is 3.21. The van der Waals surface area contributed by atoms with E-state index in [0.717, 1.165) is 21.4 Å². The summed E-state index contributed by atoms with van der Waals surface area (Å²) in [6, 6.07) is 17.5. The first-order valence-electron chi connectivity index (χ1n) is 6.45. The normalized spacial score (nSPS) is 15.2. The van der Waals surface area contributed by atoms with Gasteiger partial charge in [0.1, 0.15) is 0 Å². The minimum Gasteiger partial charge on any atom is -0.273 e. The lowest BCUT2D eigenvalue weighted by atomic mass is 10.0. The first-order valence-corrected chi connectivity index (χ1v) is 7.25. The molecule has 2 aromatic rings. The van der Waals surface area contributed by atoms with Crippen molar-refractivity contribution in [2.45, 2.75) is 12.8 Å². The number of carbonyl (C=O) groups is 1. The highest BCUT2D eigenvalue weighted by Crippen LogP contribution is 2.22. The van der Waals surface area contributed by atoms with E-state index in [1.165, 1.54) is 5.01 Å². The van der Waals surface area contributed by atoms with Crippen molar-refractivity contribution in [3.63, 3.8) is 0 Å². The van der Waals surface area contributed by atoms with Crippen LogP contribution in [0.15, 0.2) is 64.2 Å². The topological polar surface area (TPSA) is 32.7 Å². The first-order chi connectivity index (χ1) is 9.74. The zero-order chi connectivity index (χ0) is 13.9. The molecule has 0 bridgehead atoms. The largest absolute Gasteiger partial charge is 0.273 e. The van der Waals surface area contributed by atoms with E-state index in [2.05, 4.69) is 21.0 Å². The Hall–Kier alpha value is -1.94. The molecule has 1 aliphatic rings. The molecule has 0 saturated heterocycles. The average molecular weight is 329 g/mol. The van der Waals surface area contributed by atoms with Crippen LogP contribution in [0.25, 0.3) is 0 Å². The van der Waals surface area contributed by atoms with E-state index >= 15 is 0 Å². The summed E-state index contributed by atoms with van der Waals surface area (Å²) in [5.74, 6) is 0.0389. The van der Waals surface area contributed by atoms with Crippen LogP contribution < -0.4 is 5.01 Å². The third kappa shape index (κ3) is 2.65. The molecule has 1 heterocycles. The summed E-state index contributed by atoms with van der Waals surface area (Å²) < 4.78 is 1.04. The van der Waals surface area contributed by atoms with Gasteiger partial charge in [-0.05, 0) is 29.8 Å². The molecule has 1 aliphatic heterocycles. The summed E-state index contributed by atoms with van der Waals surface area (Å²) in [5, 5.41) is 6.02. The predicted molar refractivity (Wildman–Crippen MR) is 83.8 cm³/mol. The Kier molecular flexibility index (Phi) is 3.65. The zero-order valence-electron chi connectivity index (χ0n) is 10.8. The molecule has 0 unspecified atom stereocenters. The molecular formula is C16H13BrN2O. The van der Waals surface area contributed by atoms with E-state index in [9.17, 15) is 4.79 Å². The van der Waals surface area contributed by atoms with Crippen LogP contribution in [0, 0.1) is 0 Å². The molecule has 0 radical (unpaired) electrons. The van der Waals surface area contributed by atoms with Crippen LogP contribution in [-0.2, 0) is 4.79 Å². The van der Waals surface area contributed by atoms with Gasteiger partial charge in [-0.2, -0.15) is 5.10 Å². The van der Waals surface area contributed by atoms with Gasteiger partial charge < -0.3 is 0 Å². The number of benzene rings is 2. The number of anilines is 1. The maximum Gasteiger partial charge on any atom is 0.247 e. The lowest BCUT2D eigenvalue weighted by Crippen LogP contribution is -2.31. The summed E-state index contributed by atoms with van der Waals surface area (Å²) >= 11 is 3.42. The fraction of sp³-hybridized carbons (Fsp3) is 0.125. The maximum atomic E-state index is 12.0. The number of nitrogens with zero attached hydrogens (tertiary/aromatic N) is 2. The summed E-state index contributed by atoms with van der Waals surface area (Å²) in [6.07, 6.45) is 1.17. The van der Waals surface area contributed by atoms with Crippen LogP contribution >= 0.6 is 15.9 Å². The molecule has 0 aliphatic carbocycles. The Bertz CT molecular complexity index is 650. The van der Waals surface area contributed by atoms with Crippen LogP contribution in [0.1, 0.15) is 18.4 Å². The van der Waals surface area contributed by atoms with Crippen molar-refractivity contribution < 1.29 is 4.79 Å². The SMILES string of the molecule is O=C1CCC(c2ccc(Br)cc2)=NN1c1ccccc1. The van der Waals surface area contributed by atoms with Crippen molar-refractivity contribution in [3.8, 4) is 0 Å². The van der Waals surface area contributed by atoms with Crippen molar-refractivity contribution in [2.75, 3.05) is 5.01 Å². The van der Waals surface area contributed by atoms with E-state index < -0.39 is 0 Å². The lowest BCUT2D eigenvalue weighted by Gasteiger charge is -2.23. The summed E-state index contributed by atoms with van der Waals surface area (Å²) in [5.41, 5.74) is 2.81. The van der Waals surface area contributed by atoms with Crippen molar-refractivity contribution in [1.82, 2.24) is 0 Å². The van der Waals surface area contributed by atoms with Gasteiger partial charge in [0.25, 0.3) is 0 Å². The third-order valence-corrected chi connectivity index (χ3v) is 3.74. The predicted octanol–water partition coefficient (Wildman–Crippen LogP) is 3.98. The van der Waals surface area contributed by atoms with E-state index in [1.54, 1.807) is 0 Å². The smallest absolute Gasteiger partial charge is 0.247 e. The second-order valence-electron chi connectivity index (χ2n) is 4.59. The molecule has 3 nitrogen and oxygen atoms in total. The molecule has 20 heavy (non-hydrogen) atoms. The van der Waals surface area contributed by atoms with Gasteiger partial charge in [-0.1, -0.05) is 46.3 Å². The standard InChI is InChI=1S/C16H13BrN2O/c17-13-8-6-12(7-9-13)15-10-11-16(20)19(18-15)14-4-2-1-3-5-14/h1-9H,10-11H2. The highest BCUT2D eigenvalue weighted by molar-refractivity contribution is 9.10. The Morgan fingerprint density at radius 3 is 2.35 bits per heavy atom. The van der Waals surface area contributed by atoms with Crippen LogP contribution in [0.4, 0.5) is 5.69 Å². The second kappa shape index (κ2) is 5.59. The summed E-state index contributed by atoms with van der Waals surface area (Å²) in [7, 11) is 0. The number of halogens is 1. The quantitative estimate of drug-likeness (QED) is 0.820. The van der Waals surface area contributed by atoms with Gasteiger partial charge in [0.05, 0.1) is 11.4 Å². The Balaban J connectivity index is 1.96. The molecule has 0 saturated carbocycles. The van der Waals surface area contributed by atoms with Gasteiger partial charge in [-0.25, -0.2) is 5.01 Å². The molecule has 0 atom stereocenters. The monoisotopic (exact) mass is 328 g/mol. The molecule has 1 amide bonds. The summed E-state index contributed by atoms with van der Waals surface area (Å²) in [6.45, 7) is 0. The van der Waals surface area contributed by atoms with Gasteiger partial charge in [0.15, 0.2) is 0 Å². The first kappa shape index (κ1) is 13.1. The molecule has 0 aromatic heterocycles. The number of carbonyl (C=O) groups excluding carboxylic acids is 1. The highest BCUT2D eigenvalue weighted by Gasteiger charge is 2.22. The number of hydrogen-bond acceptors (Lipinski definition) is 2.